The van der Waals surface area contributed by atoms with Crippen LogP contribution in [0.5, 0.6) is 5.75 Å². The molecule has 2 aromatic rings. The molecule has 1 fully saturated rings. The third kappa shape index (κ3) is 4.78. The summed E-state index contributed by atoms with van der Waals surface area (Å²) in [5.74, 6) is -0.254. The smallest absolute Gasteiger partial charge is 0.262 e. The predicted octanol–water partition coefficient (Wildman–Crippen LogP) is 2.34. The molecule has 170 valence electrons. The lowest BCUT2D eigenvalue weighted by Gasteiger charge is -2.31. The van der Waals surface area contributed by atoms with Crippen molar-refractivity contribution in [1.82, 2.24) is 9.62 Å². The first-order chi connectivity index (χ1) is 15.3. The summed E-state index contributed by atoms with van der Waals surface area (Å²) in [6.07, 6.45) is 1.25. The molecule has 2 heterocycles. The third-order valence-corrected chi connectivity index (χ3v) is 7.79. The van der Waals surface area contributed by atoms with Crippen molar-refractivity contribution in [1.29, 1.82) is 0 Å². The molecule has 2 aromatic carbocycles. The number of piperidine rings is 1. The zero-order valence-corrected chi connectivity index (χ0v) is 18.7. The lowest BCUT2D eigenvalue weighted by Crippen LogP contribution is -2.45. The van der Waals surface area contributed by atoms with Crippen LogP contribution in [0.3, 0.4) is 0 Å². The molecule has 0 aromatic heterocycles. The van der Waals surface area contributed by atoms with Crippen molar-refractivity contribution in [2.24, 2.45) is 5.92 Å². The Morgan fingerprint density at radius 3 is 2.81 bits per heavy atom. The second-order valence-electron chi connectivity index (χ2n) is 8.25. The third-order valence-electron chi connectivity index (χ3n) is 5.93. The molecule has 0 radical (unpaired) electrons. The molecule has 0 spiro atoms. The molecule has 9 heteroatoms. The zero-order chi connectivity index (χ0) is 22.7. The minimum absolute atomic E-state index is 0.0702. The van der Waals surface area contributed by atoms with Gasteiger partial charge < -0.3 is 15.4 Å². The van der Waals surface area contributed by atoms with Crippen molar-refractivity contribution < 1.29 is 22.7 Å². The van der Waals surface area contributed by atoms with Gasteiger partial charge in [-0.05, 0) is 42.5 Å². The summed E-state index contributed by atoms with van der Waals surface area (Å²) in [4.78, 5) is 24.4. The van der Waals surface area contributed by atoms with Crippen LogP contribution in [-0.4, -0.2) is 50.8 Å². The molecular formula is C23H27N3O5S. The first-order valence-electron chi connectivity index (χ1n) is 10.7. The van der Waals surface area contributed by atoms with Crippen molar-refractivity contribution >= 4 is 27.5 Å². The lowest BCUT2D eigenvalue weighted by atomic mass is 9.97. The summed E-state index contributed by atoms with van der Waals surface area (Å²) in [7, 11) is -3.81. The van der Waals surface area contributed by atoms with Gasteiger partial charge in [0.15, 0.2) is 6.61 Å². The molecule has 2 atom stereocenters. The van der Waals surface area contributed by atoms with Crippen LogP contribution < -0.4 is 15.4 Å². The van der Waals surface area contributed by atoms with Crippen LogP contribution >= 0.6 is 0 Å². The van der Waals surface area contributed by atoms with Gasteiger partial charge in [-0.15, -0.1) is 0 Å². The van der Waals surface area contributed by atoms with Gasteiger partial charge in [0.25, 0.3) is 5.91 Å². The summed E-state index contributed by atoms with van der Waals surface area (Å²) in [5, 5.41) is 5.62. The first-order valence-corrected chi connectivity index (χ1v) is 12.2. The Morgan fingerprint density at radius 1 is 1.25 bits per heavy atom. The Kier molecular flexibility index (Phi) is 6.48. The lowest BCUT2D eigenvalue weighted by molar-refractivity contribution is -0.126. The van der Waals surface area contributed by atoms with Crippen molar-refractivity contribution in [2.45, 2.75) is 30.6 Å². The summed E-state index contributed by atoms with van der Waals surface area (Å²) in [5.41, 5.74) is 1.48. The number of sulfonamides is 1. The topological polar surface area (TPSA) is 105 Å². The molecule has 0 saturated carbocycles. The number of ether oxygens (including phenoxy) is 1. The average molecular weight is 458 g/mol. The Labute approximate surface area is 188 Å². The number of carbonyl (C=O) groups excluding carboxylic acids is 2. The van der Waals surface area contributed by atoms with Crippen LogP contribution in [0.2, 0.25) is 0 Å². The molecule has 2 aliphatic rings. The molecule has 2 N–H and O–H groups in total. The van der Waals surface area contributed by atoms with E-state index in [4.69, 9.17) is 4.74 Å². The van der Waals surface area contributed by atoms with Crippen LogP contribution in [0.4, 0.5) is 5.69 Å². The Balaban J connectivity index is 1.41. The van der Waals surface area contributed by atoms with E-state index in [0.29, 0.717) is 37.4 Å². The number of benzene rings is 2. The van der Waals surface area contributed by atoms with Gasteiger partial charge >= 0.3 is 0 Å². The van der Waals surface area contributed by atoms with Gasteiger partial charge in [0.05, 0.1) is 16.5 Å². The fourth-order valence-corrected chi connectivity index (χ4v) is 5.59. The van der Waals surface area contributed by atoms with E-state index in [0.717, 1.165) is 5.56 Å². The van der Waals surface area contributed by atoms with Crippen molar-refractivity contribution in [2.75, 3.05) is 31.6 Å². The molecule has 32 heavy (non-hydrogen) atoms. The highest BCUT2D eigenvalue weighted by molar-refractivity contribution is 7.89. The van der Waals surface area contributed by atoms with Crippen molar-refractivity contribution in [3.8, 4) is 5.75 Å². The van der Waals surface area contributed by atoms with Gasteiger partial charge in [-0.3, -0.25) is 9.59 Å². The SMILES string of the molecule is C[C@@H](CNC(=O)[C@@H]1CCCN(S(=O)(=O)c2ccc3c(c2)NC(=O)CO3)C1)c1ccccc1. The number of hydrogen-bond acceptors (Lipinski definition) is 5. The monoisotopic (exact) mass is 457 g/mol. The number of rotatable bonds is 6. The number of hydrogen-bond donors (Lipinski definition) is 2. The number of anilines is 1. The fourth-order valence-electron chi connectivity index (χ4n) is 4.04. The molecule has 2 amide bonds. The summed E-state index contributed by atoms with van der Waals surface area (Å²) in [6.45, 7) is 2.94. The second-order valence-corrected chi connectivity index (χ2v) is 10.2. The highest BCUT2D eigenvalue weighted by atomic mass is 32.2. The molecular weight excluding hydrogens is 430 g/mol. The van der Waals surface area contributed by atoms with E-state index in [1.807, 2.05) is 37.3 Å². The zero-order valence-electron chi connectivity index (χ0n) is 17.9. The van der Waals surface area contributed by atoms with Gasteiger partial charge in [0.1, 0.15) is 5.75 Å². The fraction of sp³-hybridized carbons (Fsp3) is 0.391. The molecule has 1 saturated heterocycles. The molecule has 4 rings (SSSR count). The van der Waals surface area contributed by atoms with Crippen molar-refractivity contribution in [3.05, 3.63) is 54.1 Å². The van der Waals surface area contributed by atoms with E-state index in [1.54, 1.807) is 6.07 Å². The highest BCUT2D eigenvalue weighted by Gasteiger charge is 2.34. The largest absolute Gasteiger partial charge is 0.482 e. The van der Waals surface area contributed by atoms with E-state index in [1.165, 1.54) is 16.4 Å². The molecule has 0 aliphatic carbocycles. The summed E-state index contributed by atoms with van der Waals surface area (Å²) >= 11 is 0. The van der Waals surface area contributed by atoms with Crippen LogP contribution in [-0.2, 0) is 19.6 Å². The number of nitrogens with one attached hydrogen (secondary N) is 2. The maximum absolute atomic E-state index is 13.2. The minimum atomic E-state index is -3.81. The molecule has 8 nitrogen and oxygen atoms in total. The number of nitrogens with zero attached hydrogens (tertiary/aromatic N) is 1. The second kappa shape index (κ2) is 9.30. The van der Waals surface area contributed by atoms with Crippen LogP contribution in [0.25, 0.3) is 0 Å². The van der Waals surface area contributed by atoms with Gasteiger partial charge in [-0.25, -0.2) is 8.42 Å². The van der Waals surface area contributed by atoms with Gasteiger partial charge in [0, 0.05) is 19.6 Å². The molecule has 0 unspecified atom stereocenters. The Hall–Kier alpha value is -2.91. The number of carbonyl (C=O) groups is 2. The van der Waals surface area contributed by atoms with E-state index >= 15 is 0 Å². The van der Waals surface area contributed by atoms with Crippen LogP contribution in [0.1, 0.15) is 31.2 Å². The first kappa shape index (κ1) is 22.3. The van der Waals surface area contributed by atoms with Gasteiger partial charge in [-0.1, -0.05) is 37.3 Å². The van der Waals surface area contributed by atoms with E-state index in [2.05, 4.69) is 10.6 Å². The highest BCUT2D eigenvalue weighted by Crippen LogP contribution is 2.32. The Bertz CT molecular complexity index is 1100. The van der Waals surface area contributed by atoms with Crippen molar-refractivity contribution in [3.63, 3.8) is 0 Å². The normalized spacial score (nSPS) is 19.9. The number of fused-ring (bicyclic) bond motifs is 1. The predicted molar refractivity (Wildman–Crippen MR) is 120 cm³/mol. The maximum Gasteiger partial charge on any atom is 0.262 e. The average Bonchev–Trinajstić information content (AvgIpc) is 2.82. The van der Waals surface area contributed by atoms with E-state index in [9.17, 15) is 18.0 Å². The maximum atomic E-state index is 13.2. The van der Waals surface area contributed by atoms with Gasteiger partial charge in [0.2, 0.25) is 15.9 Å². The number of amides is 2. The summed E-state index contributed by atoms with van der Waals surface area (Å²) in [6, 6.07) is 14.4. The van der Waals surface area contributed by atoms with E-state index < -0.39 is 15.9 Å². The minimum Gasteiger partial charge on any atom is -0.482 e. The molecule has 2 aliphatic heterocycles. The Morgan fingerprint density at radius 2 is 2.03 bits per heavy atom. The summed E-state index contributed by atoms with van der Waals surface area (Å²) < 4.78 is 33.1. The molecule has 0 bridgehead atoms. The van der Waals surface area contributed by atoms with Crippen LogP contribution in [0.15, 0.2) is 53.4 Å². The standard InChI is InChI=1S/C23H27N3O5S/c1-16(17-6-3-2-4-7-17)13-24-23(28)18-8-5-11-26(14-18)32(29,30)19-9-10-21-20(12-19)25-22(27)15-31-21/h2-4,6-7,9-10,12,16,18H,5,8,11,13-15H2,1H3,(H,24,28)(H,25,27)/t16-,18+/m0/s1. The van der Waals surface area contributed by atoms with Crippen LogP contribution in [0, 0.1) is 5.92 Å². The van der Waals surface area contributed by atoms with E-state index in [-0.39, 0.29) is 35.8 Å². The quantitative estimate of drug-likeness (QED) is 0.693. The van der Waals surface area contributed by atoms with Gasteiger partial charge in [-0.2, -0.15) is 4.31 Å².